The topological polar surface area (TPSA) is 53.9 Å². The molecule has 0 fully saturated rings. The maximum atomic E-state index is 12.0. The predicted molar refractivity (Wildman–Crippen MR) is 112 cm³/mol. The van der Waals surface area contributed by atoms with Crippen LogP contribution in [0.3, 0.4) is 0 Å². The fraction of sp³-hybridized carbons (Fsp3) is 0.333. The summed E-state index contributed by atoms with van der Waals surface area (Å²) in [5.41, 5.74) is 6.66. The van der Waals surface area contributed by atoms with Gasteiger partial charge < -0.3 is 9.64 Å². The summed E-state index contributed by atoms with van der Waals surface area (Å²) in [4.78, 5) is 13.7. The van der Waals surface area contributed by atoms with Crippen LogP contribution in [0.15, 0.2) is 47.6 Å². The van der Waals surface area contributed by atoms with E-state index in [9.17, 15) is 4.79 Å². The number of anilines is 1. The maximum absolute atomic E-state index is 12.0. The number of nitrogens with zero attached hydrogens (tertiary/aromatic N) is 2. The number of carbonyl (C=O) groups excluding carboxylic acids is 1. The van der Waals surface area contributed by atoms with E-state index in [1.165, 1.54) is 0 Å². The van der Waals surface area contributed by atoms with Gasteiger partial charge in [-0.1, -0.05) is 17.7 Å². The highest BCUT2D eigenvalue weighted by Crippen LogP contribution is 2.20. The molecule has 0 spiro atoms. The highest BCUT2D eigenvalue weighted by Gasteiger charge is 2.10. The van der Waals surface area contributed by atoms with Crippen LogP contribution in [-0.2, 0) is 4.79 Å². The number of likely N-dealkylation sites (N-methyl/N-ethyl adjacent to an activating group) is 1. The Morgan fingerprint density at radius 2 is 1.81 bits per heavy atom. The molecule has 0 bridgehead atoms. The van der Waals surface area contributed by atoms with E-state index in [2.05, 4.69) is 10.5 Å². The van der Waals surface area contributed by atoms with Crippen LogP contribution < -0.4 is 10.2 Å². The molecule has 5 nitrogen and oxygen atoms in total. The molecule has 0 saturated heterocycles. The van der Waals surface area contributed by atoms with Gasteiger partial charge in [-0.25, -0.2) is 0 Å². The lowest BCUT2D eigenvalue weighted by atomic mass is 10.1. The Morgan fingerprint density at radius 1 is 1.15 bits per heavy atom. The van der Waals surface area contributed by atoms with Gasteiger partial charge in [-0.05, 0) is 75.2 Å². The Bertz CT molecular complexity index is 800. The largest absolute Gasteiger partial charge is 0.484 e. The quantitative estimate of drug-likeness (QED) is 0.526. The normalized spacial score (nSPS) is 11.2. The molecular weight excluding hydrogens is 362 g/mol. The van der Waals surface area contributed by atoms with E-state index in [-0.39, 0.29) is 12.5 Å². The van der Waals surface area contributed by atoms with Crippen molar-refractivity contribution in [2.75, 3.05) is 25.1 Å². The maximum Gasteiger partial charge on any atom is 0.260 e. The van der Waals surface area contributed by atoms with Crippen molar-refractivity contribution in [2.24, 2.45) is 5.10 Å². The second-order valence-electron chi connectivity index (χ2n) is 6.15. The molecule has 2 rings (SSSR count). The molecule has 0 aliphatic heterocycles. The number of amides is 1. The van der Waals surface area contributed by atoms with Gasteiger partial charge in [-0.3, -0.25) is 10.2 Å². The number of aryl methyl sites for hydroxylation is 1. The van der Waals surface area contributed by atoms with Crippen LogP contribution in [0.5, 0.6) is 5.75 Å². The fourth-order valence-corrected chi connectivity index (χ4v) is 2.66. The summed E-state index contributed by atoms with van der Waals surface area (Å²) in [5.74, 6) is 0.646. The number of rotatable bonds is 8. The average molecular weight is 388 g/mol. The van der Waals surface area contributed by atoms with Crippen LogP contribution in [0.2, 0.25) is 5.02 Å². The van der Waals surface area contributed by atoms with E-state index in [1.807, 2.05) is 70.2 Å². The van der Waals surface area contributed by atoms with Gasteiger partial charge in [0.25, 0.3) is 5.91 Å². The molecule has 0 heterocycles. The molecule has 0 aliphatic carbocycles. The van der Waals surface area contributed by atoms with Gasteiger partial charge >= 0.3 is 0 Å². The van der Waals surface area contributed by atoms with Crippen LogP contribution in [0.25, 0.3) is 0 Å². The summed E-state index contributed by atoms with van der Waals surface area (Å²) in [6, 6.07) is 13.2. The number of benzene rings is 2. The van der Waals surface area contributed by atoms with Gasteiger partial charge in [-0.15, -0.1) is 0 Å². The monoisotopic (exact) mass is 387 g/mol. The van der Waals surface area contributed by atoms with E-state index < -0.39 is 0 Å². The highest BCUT2D eigenvalue weighted by atomic mass is 35.5. The fourth-order valence-electron chi connectivity index (χ4n) is 2.48. The molecule has 1 N–H and O–H groups in total. The first-order valence-electron chi connectivity index (χ1n) is 9.02. The molecule has 0 atom stereocenters. The lowest BCUT2D eigenvalue weighted by Crippen LogP contribution is -2.34. The minimum absolute atomic E-state index is 0.0113. The molecule has 6 heteroatoms. The van der Waals surface area contributed by atoms with E-state index in [1.54, 1.807) is 4.90 Å². The number of halogens is 1. The molecule has 144 valence electrons. The average Bonchev–Trinajstić information content (AvgIpc) is 2.68. The number of hydrazone groups is 1. The van der Waals surface area contributed by atoms with Crippen LogP contribution >= 0.6 is 11.6 Å². The summed E-state index contributed by atoms with van der Waals surface area (Å²) in [6.07, 6.45) is 0. The summed E-state index contributed by atoms with van der Waals surface area (Å²) in [6.45, 7) is 9.21. The minimum Gasteiger partial charge on any atom is -0.484 e. The summed E-state index contributed by atoms with van der Waals surface area (Å²) in [7, 11) is 0. The Kier molecular flexibility index (Phi) is 7.67. The zero-order valence-electron chi connectivity index (χ0n) is 16.3. The predicted octanol–water partition coefficient (Wildman–Crippen LogP) is 4.73. The standard InChI is InChI=1S/C21H26ClN3O2/c1-5-25(6-2)21(26)14-27-19-11-8-17(9-12-19)16(4)23-24-18-10-7-15(3)20(22)13-18/h7-13,24H,5-6,14H2,1-4H3/b23-16-. The number of hydrogen-bond acceptors (Lipinski definition) is 4. The smallest absolute Gasteiger partial charge is 0.260 e. The van der Waals surface area contributed by atoms with Gasteiger partial charge in [0.05, 0.1) is 11.4 Å². The molecule has 0 aliphatic rings. The van der Waals surface area contributed by atoms with Crippen molar-refractivity contribution in [3.63, 3.8) is 0 Å². The van der Waals surface area contributed by atoms with Crippen molar-refractivity contribution in [1.82, 2.24) is 4.90 Å². The van der Waals surface area contributed by atoms with Crippen LogP contribution in [0.4, 0.5) is 5.69 Å². The molecule has 2 aromatic carbocycles. The van der Waals surface area contributed by atoms with Crippen molar-refractivity contribution in [3.05, 3.63) is 58.6 Å². The molecule has 27 heavy (non-hydrogen) atoms. The van der Waals surface area contributed by atoms with Gasteiger partial charge in [0.15, 0.2) is 6.61 Å². The van der Waals surface area contributed by atoms with E-state index in [0.717, 1.165) is 22.5 Å². The van der Waals surface area contributed by atoms with Crippen LogP contribution in [0, 0.1) is 6.92 Å². The number of carbonyl (C=O) groups is 1. The number of nitrogens with one attached hydrogen (secondary N) is 1. The van der Waals surface area contributed by atoms with Gasteiger partial charge in [0.2, 0.25) is 0 Å². The lowest BCUT2D eigenvalue weighted by Gasteiger charge is -2.18. The summed E-state index contributed by atoms with van der Waals surface area (Å²) >= 11 is 6.12. The van der Waals surface area contributed by atoms with Crippen LogP contribution in [0.1, 0.15) is 31.9 Å². The second kappa shape index (κ2) is 9.97. The van der Waals surface area contributed by atoms with E-state index in [0.29, 0.717) is 23.9 Å². The van der Waals surface area contributed by atoms with Gasteiger partial charge in [0, 0.05) is 18.1 Å². The Morgan fingerprint density at radius 3 is 2.41 bits per heavy atom. The lowest BCUT2D eigenvalue weighted by molar-refractivity contribution is -0.132. The zero-order valence-corrected chi connectivity index (χ0v) is 17.0. The first-order chi connectivity index (χ1) is 12.9. The summed E-state index contributed by atoms with van der Waals surface area (Å²) < 4.78 is 5.58. The molecule has 0 saturated carbocycles. The third-order valence-electron chi connectivity index (χ3n) is 4.28. The van der Waals surface area contributed by atoms with Crippen molar-refractivity contribution in [3.8, 4) is 5.75 Å². The Hall–Kier alpha value is -2.53. The molecule has 0 aromatic heterocycles. The number of hydrogen-bond donors (Lipinski definition) is 1. The van der Waals surface area contributed by atoms with Crippen molar-refractivity contribution >= 4 is 28.9 Å². The Balaban J connectivity index is 1.95. The molecule has 2 aromatic rings. The zero-order chi connectivity index (χ0) is 19.8. The molecule has 0 unspecified atom stereocenters. The van der Waals surface area contributed by atoms with Gasteiger partial charge in [-0.2, -0.15) is 5.10 Å². The van der Waals surface area contributed by atoms with Crippen molar-refractivity contribution in [1.29, 1.82) is 0 Å². The van der Waals surface area contributed by atoms with E-state index >= 15 is 0 Å². The van der Waals surface area contributed by atoms with Gasteiger partial charge in [0.1, 0.15) is 5.75 Å². The third-order valence-corrected chi connectivity index (χ3v) is 4.68. The summed E-state index contributed by atoms with van der Waals surface area (Å²) in [5, 5.41) is 5.09. The molecule has 1 amide bonds. The Labute approximate surface area is 166 Å². The van der Waals surface area contributed by atoms with Crippen molar-refractivity contribution in [2.45, 2.75) is 27.7 Å². The highest BCUT2D eigenvalue weighted by molar-refractivity contribution is 6.31. The van der Waals surface area contributed by atoms with Crippen molar-refractivity contribution < 1.29 is 9.53 Å². The SMILES string of the molecule is CCN(CC)C(=O)COc1ccc(/C(C)=N\Nc2ccc(C)c(Cl)c2)cc1. The first kappa shape index (κ1) is 20.8. The number of ether oxygens (including phenoxy) is 1. The molecule has 0 radical (unpaired) electrons. The van der Waals surface area contributed by atoms with Crippen LogP contribution in [-0.4, -0.2) is 36.2 Å². The third kappa shape index (κ3) is 6.00. The minimum atomic E-state index is -0.0113. The second-order valence-corrected chi connectivity index (χ2v) is 6.56. The first-order valence-corrected chi connectivity index (χ1v) is 9.39. The molecular formula is C21H26ClN3O2. The van der Waals surface area contributed by atoms with E-state index in [4.69, 9.17) is 16.3 Å².